The molecule has 0 saturated carbocycles. The average Bonchev–Trinajstić information content (AvgIpc) is 3.08. The molecule has 0 spiro atoms. The zero-order chi connectivity index (χ0) is 15.7. The monoisotopic (exact) mass is 324 g/mol. The predicted octanol–water partition coefficient (Wildman–Crippen LogP) is 0.731. The van der Waals surface area contributed by atoms with Crippen molar-refractivity contribution in [3.05, 3.63) is 29.8 Å². The molecule has 0 aliphatic carbocycles. The normalized spacial score (nSPS) is 27.5. The molecule has 1 aromatic carbocycles. The molecule has 2 heterocycles. The predicted molar refractivity (Wildman–Crippen MR) is 85.4 cm³/mol. The summed E-state index contributed by atoms with van der Waals surface area (Å²) in [5.74, 6) is 0. The minimum absolute atomic E-state index is 0.248. The quantitative estimate of drug-likeness (QED) is 0.885. The van der Waals surface area contributed by atoms with E-state index in [1.807, 2.05) is 12.1 Å². The molecular weight excluding hydrogens is 300 g/mol. The Bertz CT molecular complexity index is 609. The summed E-state index contributed by atoms with van der Waals surface area (Å²) >= 11 is 0. The molecule has 0 amide bonds. The van der Waals surface area contributed by atoms with Crippen molar-refractivity contribution in [3.8, 4) is 0 Å². The molecule has 0 radical (unpaired) electrons. The van der Waals surface area contributed by atoms with Crippen molar-refractivity contribution in [3.63, 3.8) is 0 Å². The Balaban J connectivity index is 1.62. The summed E-state index contributed by atoms with van der Waals surface area (Å²) in [5.41, 5.74) is 1.08. The lowest BCUT2D eigenvalue weighted by molar-refractivity contribution is 0.0978. The van der Waals surface area contributed by atoms with E-state index in [1.165, 1.54) is 19.1 Å². The van der Waals surface area contributed by atoms with Gasteiger partial charge in [0, 0.05) is 31.9 Å². The average molecular weight is 324 g/mol. The van der Waals surface area contributed by atoms with E-state index in [4.69, 9.17) is 0 Å². The van der Waals surface area contributed by atoms with Gasteiger partial charge in [0.1, 0.15) is 0 Å². The fraction of sp³-hybridized carbons (Fsp3) is 0.625. The van der Waals surface area contributed by atoms with Crippen LogP contribution in [0.2, 0.25) is 0 Å². The maximum Gasteiger partial charge on any atom is 0.175 e. The zero-order valence-corrected chi connectivity index (χ0v) is 13.8. The second-order valence-corrected chi connectivity index (χ2v) is 8.50. The van der Waals surface area contributed by atoms with Crippen molar-refractivity contribution in [1.82, 2.24) is 9.80 Å². The molecule has 2 aliphatic rings. The van der Waals surface area contributed by atoms with Crippen LogP contribution in [0.15, 0.2) is 29.2 Å². The van der Waals surface area contributed by atoms with Gasteiger partial charge in [-0.25, -0.2) is 8.42 Å². The molecular formula is C16H24N2O3S. The second-order valence-electron chi connectivity index (χ2n) is 6.49. The van der Waals surface area contributed by atoms with Crippen LogP contribution in [0.3, 0.4) is 0 Å². The lowest BCUT2D eigenvalue weighted by Gasteiger charge is -2.25. The van der Waals surface area contributed by atoms with E-state index in [0.717, 1.165) is 31.7 Å². The zero-order valence-electron chi connectivity index (χ0n) is 13.0. The molecule has 0 unspecified atom stereocenters. The largest absolute Gasteiger partial charge is 0.390 e. The van der Waals surface area contributed by atoms with Crippen LogP contribution in [0.1, 0.15) is 18.4 Å². The van der Waals surface area contributed by atoms with Crippen LogP contribution in [0.4, 0.5) is 0 Å². The minimum atomic E-state index is -3.14. The first kappa shape index (κ1) is 15.9. The van der Waals surface area contributed by atoms with Gasteiger partial charge < -0.3 is 5.11 Å². The van der Waals surface area contributed by atoms with Crippen LogP contribution in [-0.4, -0.2) is 67.9 Å². The molecule has 0 aromatic heterocycles. The maximum absolute atomic E-state index is 11.5. The van der Waals surface area contributed by atoms with Crippen LogP contribution in [0.5, 0.6) is 0 Å². The highest BCUT2D eigenvalue weighted by molar-refractivity contribution is 7.90. The van der Waals surface area contributed by atoms with Crippen molar-refractivity contribution < 1.29 is 13.5 Å². The number of β-amino-alcohol motifs (C(OH)–C–C–N with tert-alkyl or cyclic N) is 1. The molecule has 5 nitrogen and oxygen atoms in total. The number of sulfone groups is 1. The van der Waals surface area contributed by atoms with Gasteiger partial charge in [0.25, 0.3) is 0 Å². The summed E-state index contributed by atoms with van der Waals surface area (Å²) in [5, 5.41) is 10.3. The van der Waals surface area contributed by atoms with Crippen LogP contribution in [0, 0.1) is 0 Å². The van der Waals surface area contributed by atoms with E-state index in [1.54, 1.807) is 12.1 Å². The molecule has 22 heavy (non-hydrogen) atoms. The molecule has 2 fully saturated rings. The van der Waals surface area contributed by atoms with Crippen molar-refractivity contribution in [2.24, 2.45) is 0 Å². The molecule has 1 aromatic rings. The van der Waals surface area contributed by atoms with Gasteiger partial charge >= 0.3 is 0 Å². The van der Waals surface area contributed by atoms with E-state index in [9.17, 15) is 13.5 Å². The highest BCUT2D eigenvalue weighted by Gasteiger charge is 2.36. The van der Waals surface area contributed by atoms with Gasteiger partial charge in [0.05, 0.1) is 11.0 Å². The first-order valence-electron chi connectivity index (χ1n) is 7.87. The van der Waals surface area contributed by atoms with Crippen molar-refractivity contribution >= 4 is 9.84 Å². The first-order chi connectivity index (χ1) is 10.4. The van der Waals surface area contributed by atoms with E-state index in [-0.39, 0.29) is 12.1 Å². The summed E-state index contributed by atoms with van der Waals surface area (Å²) in [6, 6.07) is 7.31. The molecule has 2 saturated heterocycles. The Labute approximate surface area is 132 Å². The Kier molecular flexibility index (Phi) is 4.54. The van der Waals surface area contributed by atoms with Crippen molar-refractivity contribution in [2.45, 2.75) is 36.4 Å². The van der Waals surface area contributed by atoms with Crippen LogP contribution < -0.4 is 0 Å². The van der Waals surface area contributed by atoms with Crippen molar-refractivity contribution in [1.29, 1.82) is 0 Å². The van der Waals surface area contributed by atoms with Gasteiger partial charge in [0.15, 0.2) is 9.84 Å². The summed E-state index contributed by atoms with van der Waals surface area (Å²) in [6.07, 6.45) is 3.40. The number of aliphatic hydroxyl groups excluding tert-OH is 1. The molecule has 122 valence electrons. The lowest BCUT2D eigenvalue weighted by Crippen LogP contribution is -2.41. The Morgan fingerprint density at radius 2 is 1.77 bits per heavy atom. The molecule has 2 aliphatic heterocycles. The number of hydrogen-bond donors (Lipinski definition) is 1. The summed E-state index contributed by atoms with van der Waals surface area (Å²) in [4.78, 5) is 5.01. The number of nitrogens with zero attached hydrogens (tertiary/aromatic N) is 2. The highest BCUT2D eigenvalue weighted by atomic mass is 32.2. The molecule has 2 atom stereocenters. The minimum Gasteiger partial charge on any atom is -0.390 e. The Morgan fingerprint density at radius 1 is 1.14 bits per heavy atom. The molecule has 0 bridgehead atoms. The van der Waals surface area contributed by atoms with Crippen LogP contribution in [-0.2, 0) is 16.4 Å². The lowest BCUT2D eigenvalue weighted by atomic mass is 10.2. The van der Waals surface area contributed by atoms with E-state index in [0.29, 0.717) is 11.4 Å². The van der Waals surface area contributed by atoms with Gasteiger partial charge in [-0.15, -0.1) is 0 Å². The fourth-order valence-corrected chi connectivity index (χ4v) is 4.14. The number of aliphatic hydroxyl groups is 1. The van der Waals surface area contributed by atoms with E-state index >= 15 is 0 Å². The number of hydrogen-bond acceptors (Lipinski definition) is 5. The SMILES string of the molecule is CS(=O)(=O)c1ccc(CN2C[C@H](O)[C@@H](N3CCCC3)C2)cc1. The maximum atomic E-state index is 11.5. The number of rotatable bonds is 4. The Morgan fingerprint density at radius 3 is 2.36 bits per heavy atom. The highest BCUT2D eigenvalue weighted by Crippen LogP contribution is 2.22. The molecule has 6 heteroatoms. The molecule has 3 rings (SSSR count). The van der Waals surface area contributed by atoms with Crippen LogP contribution >= 0.6 is 0 Å². The molecule has 1 N–H and O–H groups in total. The van der Waals surface area contributed by atoms with Crippen LogP contribution in [0.25, 0.3) is 0 Å². The van der Waals surface area contributed by atoms with Gasteiger partial charge in [-0.2, -0.15) is 0 Å². The number of benzene rings is 1. The van der Waals surface area contributed by atoms with Gasteiger partial charge in [-0.3, -0.25) is 9.80 Å². The third-order valence-electron chi connectivity index (χ3n) is 4.70. The first-order valence-corrected chi connectivity index (χ1v) is 9.76. The summed E-state index contributed by atoms with van der Waals surface area (Å²) < 4.78 is 22.9. The van der Waals surface area contributed by atoms with E-state index in [2.05, 4.69) is 9.80 Å². The summed E-state index contributed by atoms with van der Waals surface area (Å²) in [7, 11) is -3.14. The van der Waals surface area contributed by atoms with E-state index < -0.39 is 9.84 Å². The third kappa shape index (κ3) is 3.51. The second kappa shape index (κ2) is 6.28. The van der Waals surface area contributed by atoms with Gasteiger partial charge in [-0.1, -0.05) is 12.1 Å². The smallest absolute Gasteiger partial charge is 0.175 e. The Hall–Kier alpha value is -0.950. The topological polar surface area (TPSA) is 60.9 Å². The fourth-order valence-electron chi connectivity index (χ4n) is 3.51. The van der Waals surface area contributed by atoms with Gasteiger partial charge in [0.2, 0.25) is 0 Å². The summed E-state index contributed by atoms with van der Waals surface area (Å²) in [6.45, 7) is 4.52. The van der Waals surface area contributed by atoms with Gasteiger partial charge in [-0.05, 0) is 43.6 Å². The standard InChI is InChI=1S/C16H24N2O3S/c1-22(20,21)14-6-4-13(5-7-14)10-17-11-15(16(19)12-17)18-8-2-3-9-18/h4-7,15-16,19H,2-3,8-12H2,1H3/t15-,16-/m0/s1. The van der Waals surface area contributed by atoms with Crippen molar-refractivity contribution in [2.75, 3.05) is 32.4 Å². The third-order valence-corrected chi connectivity index (χ3v) is 5.83. The number of likely N-dealkylation sites (tertiary alicyclic amines) is 2.